The van der Waals surface area contributed by atoms with Gasteiger partial charge in [0, 0.05) is 11.8 Å². The zero-order valence-electron chi connectivity index (χ0n) is 16.9. The van der Waals surface area contributed by atoms with Gasteiger partial charge in [0.25, 0.3) is 5.91 Å². The van der Waals surface area contributed by atoms with Crippen LogP contribution in [0.3, 0.4) is 0 Å². The van der Waals surface area contributed by atoms with Crippen LogP contribution in [0.1, 0.15) is 22.8 Å². The van der Waals surface area contributed by atoms with E-state index in [-0.39, 0.29) is 10.5 Å². The molecule has 2 aliphatic heterocycles. The number of imide groups is 1. The first-order valence-corrected chi connectivity index (χ1v) is 11.4. The number of carbonyl (C=O) groups excluding carboxylic acids is 3. The molecule has 2 aromatic rings. The lowest BCUT2D eigenvalue weighted by atomic mass is 9.91. The Balaban J connectivity index is 1.55. The number of ether oxygens (including phenoxy) is 2. The second kappa shape index (κ2) is 7.38. The fourth-order valence-corrected chi connectivity index (χ4v) is 4.14. The Bertz CT molecular complexity index is 1190. The third kappa shape index (κ3) is 3.74. The van der Waals surface area contributed by atoms with Gasteiger partial charge in [0.2, 0.25) is 0 Å². The summed E-state index contributed by atoms with van der Waals surface area (Å²) < 4.78 is 34.2. The number of nitrogens with one attached hydrogen (secondary N) is 1. The molecule has 0 radical (unpaired) electrons. The van der Waals surface area contributed by atoms with Gasteiger partial charge in [0.05, 0.1) is 11.4 Å². The van der Waals surface area contributed by atoms with Gasteiger partial charge in [-0.3, -0.25) is 14.5 Å². The minimum atomic E-state index is -3.40. The van der Waals surface area contributed by atoms with Crippen LogP contribution in [0.2, 0.25) is 0 Å². The van der Waals surface area contributed by atoms with Crippen LogP contribution in [-0.2, 0) is 20.2 Å². The number of rotatable bonds is 5. The van der Waals surface area contributed by atoms with E-state index < -0.39 is 39.6 Å². The fraction of sp³-hybridized carbons (Fsp3) is 0.286. The molecule has 0 bridgehead atoms. The number of hydrogen-bond acceptors (Lipinski definition) is 7. The summed E-state index contributed by atoms with van der Waals surface area (Å²) in [5.41, 5.74) is -0.670. The normalized spacial score (nSPS) is 20.5. The smallest absolute Gasteiger partial charge is 0.325 e. The second-order valence-electron chi connectivity index (χ2n) is 7.52. The zero-order chi connectivity index (χ0) is 22.4. The van der Waals surface area contributed by atoms with Gasteiger partial charge < -0.3 is 14.8 Å². The predicted octanol–water partition coefficient (Wildman–Crippen LogP) is 1.51. The molecular weight excluding hydrogens is 424 g/mol. The van der Waals surface area contributed by atoms with Crippen molar-refractivity contribution in [3.8, 4) is 11.5 Å². The van der Waals surface area contributed by atoms with Crippen LogP contribution in [0.4, 0.5) is 4.79 Å². The number of hydrogen-bond donors (Lipinski definition) is 1. The highest BCUT2D eigenvalue weighted by molar-refractivity contribution is 7.90. The molecule has 1 atom stereocenters. The van der Waals surface area contributed by atoms with Crippen molar-refractivity contribution in [2.24, 2.45) is 0 Å². The van der Waals surface area contributed by atoms with E-state index in [0.717, 1.165) is 11.2 Å². The van der Waals surface area contributed by atoms with Crippen LogP contribution in [-0.4, -0.2) is 57.1 Å². The first-order chi connectivity index (χ1) is 14.6. The fourth-order valence-electron chi connectivity index (χ4n) is 3.51. The highest BCUT2D eigenvalue weighted by Crippen LogP contribution is 2.36. The van der Waals surface area contributed by atoms with E-state index in [1.54, 1.807) is 25.1 Å². The number of amides is 3. The molecule has 31 heavy (non-hydrogen) atoms. The van der Waals surface area contributed by atoms with Crippen LogP contribution >= 0.6 is 0 Å². The molecule has 1 N–H and O–H groups in total. The number of fused-ring (bicyclic) bond motifs is 1. The number of sulfone groups is 1. The van der Waals surface area contributed by atoms with Crippen LogP contribution in [0.5, 0.6) is 11.5 Å². The minimum Gasteiger partial charge on any atom is -0.486 e. The molecule has 1 fully saturated rings. The van der Waals surface area contributed by atoms with Crippen LogP contribution in [0, 0.1) is 0 Å². The topological polar surface area (TPSA) is 119 Å². The number of Topliss-reactive ketones (excluding diaryl/α,β-unsaturated/α-hetero) is 1. The summed E-state index contributed by atoms with van der Waals surface area (Å²) in [5, 5.41) is 2.65. The van der Waals surface area contributed by atoms with Gasteiger partial charge in [-0.1, -0.05) is 18.2 Å². The maximum absolute atomic E-state index is 13.1. The Morgan fingerprint density at radius 3 is 2.35 bits per heavy atom. The van der Waals surface area contributed by atoms with Crippen LogP contribution in [0.15, 0.2) is 47.4 Å². The number of benzene rings is 2. The van der Waals surface area contributed by atoms with Gasteiger partial charge in [-0.25, -0.2) is 13.2 Å². The average molecular weight is 444 g/mol. The Morgan fingerprint density at radius 1 is 1.06 bits per heavy atom. The standard InChI is InChI=1S/C21H20N2O7S/c1-21(14-5-8-17-18(11-14)30-10-9-29-17)19(25)23(20(26)22-21)12-16(24)13-3-6-15(7-4-13)31(2,27)28/h3-8,11H,9-10,12H2,1-2H3,(H,22,26)/t21-/m1/s1. The van der Waals surface area contributed by atoms with Gasteiger partial charge in [-0.2, -0.15) is 0 Å². The Labute approximate surface area is 178 Å². The molecule has 0 saturated carbocycles. The largest absolute Gasteiger partial charge is 0.486 e. The van der Waals surface area contributed by atoms with Crippen molar-refractivity contribution in [3.63, 3.8) is 0 Å². The highest BCUT2D eigenvalue weighted by atomic mass is 32.2. The van der Waals surface area contributed by atoms with Crippen molar-refractivity contribution in [3.05, 3.63) is 53.6 Å². The molecule has 2 aromatic carbocycles. The van der Waals surface area contributed by atoms with Gasteiger partial charge >= 0.3 is 6.03 Å². The summed E-state index contributed by atoms with van der Waals surface area (Å²) in [6.45, 7) is 1.90. The first kappa shape index (κ1) is 20.9. The Hall–Kier alpha value is -3.40. The number of ketones is 1. The third-order valence-corrected chi connectivity index (χ3v) is 6.43. The summed E-state index contributed by atoms with van der Waals surface area (Å²) in [6, 6.07) is 9.63. The minimum absolute atomic E-state index is 0.0743. The predicted molar refractivity (Wildman–Crippen MR) is 109 cm³/mol. The molecule has 9 nitrogen and oxygen atoms in total. The van der Waals surface area contributed by atoms with E-state index in [2.05, 4.69) is 5.32 Å². The molecule has 2 heterocycles. The summed E-state index contributed by atoms with van der Waals surface area (Å²) >= 11 is 0. The number of nitrogens with zero attached hydrogens (tertiary/aromatic N) is 1. The van der Waals surface area contributed by atoms with Crippen molar-refractivity contribution in [2.75, 3.05) is 26.0 Å². The number of urea groups is 1. The Morgan fingerprint density at radius 2 is 1.71 bits per heavy atom. The lowest BCUT2D eigenvalue weighted by Crippen LogP contribution is -2.41. The molecule has 0 aromatic heterocycles. The SMILES string of the molecule is C[C@]1(c2ccc3c(c2)OCCO3)NC(=O)N(CC(=O)c2ccc(S(C)(=O)=O)cc2)C1=O. The maximum atomic E-state index is 13.1. The van der Waals surface area contributed by atoms with Gasteiger partial charge in [-0.15, -0.1) is 0 Å². The monoisotopic (exact) mass is 444 g/mol. The lowest BCUT2D eigenvalue weighted by molar-refractivity contribution is -0.130. The van der Waals surface area contributed by atoms with Crippen molar-refractivity contribution in [2.45, 2.75) is 17.4 Å². The van der Waals surface area contributed by atoms with Crippen LogP contribution in [0.25, 0.3) is 0 Å². The number of carbonyl (C=O) groups is 3. The van der Waals surface area contributed by atoms with E-state index in [1.807, 2.05) is 0 Å². The molecular formula is C21H20N2O7S. The highest BCUT2D eigenvalue weighted by Gasteiger charge is 2.49. The van der Waals surface area contributed by atoms with Crippen molar-refractivity contribution in [1.82, 2.24) is 10.2 Å². The van der Waals surface area contributed by atoms with E-state index in [1.165, 1.54) is 24.3 Å². The molecule has 0 spiro atoms. The molecule has 162 valence electrons. The zero-order valence-corrected chi connectivity index (χ0v) is 17.7. The van der Waals surface area contributed by atoms with Crippen molar-refractivity contribution < 1.29 is 32.3 Å². The van der Waals surface area contributed by atoms with E-state index >= 15 is 0 Å². The van der Waals surface area contributed by atoms with Crippen LogP contribution < -0.4 is 14.8 Å². The maximum Gasteiger partial charge on any atom is 0.325 e. The summed E-state index contributed by atoms with van der Waals surface area (Å²) in [4.78, 5) is 39.2. The van der Waals surface area contributed by atoms with Crippen molar-refractivity contribution >= 4 is 27.6 Å². The summed E-state index contributed by atoms with van der Waals surface area (Å²) in [6.07, 6.45) is 1.07. The van der Waals surface area contributed by atoms with E-state index in [0.29, 0.717) is 30.3 Å². The lowest BCUT2D eigenvalue weighted by Gasteiger charge is -2.25. The molecule has 3 amide bonds. The molecule has 10 heteroatoms. The summed E-state index contributed by atoms with van der Waals surface area (Å²) in [5.74, 6) is -0.0299. The third-order valence-electron chi connectivity index (χ3n) is 5.30. The molecule has 1 saturated heterocycles. The first-order valence-electron chi connectivity index (χ1n) is 9.47. The molecule has 0 unspecified atom stereocenters. The Kier molecular flexibility index (Phi) is 4.97. The van der Waals surface area contributed by atoms with Gasteiger partial charge in [0.1, 0.15) is 18.8 Å². The van der Waals surface area contributed by atoms with Gasteiger partial charge in [0.15, 0.2) is 27.1 Å². The molecule has 4 rings (SSSR count). The van der Waals surface area contributed by atoms with E-state index in [4.69, 9.17) is 9.47 Å². The van der Waals surface area contributed by atoms with Crippen molar-refractivity contribution in [1.29, 1.82) is 0 Å². The van der Waals surface area contributed by atoms with E-state index in [9.17, 15) is 22.8 Å². The average Bonchev–Trinajstić information content (AvgIpc) is 2.96. The molecule has 2 aliphatic rings. The van der Waals surface area contributed by atoms with Gasteiger partial charge in [-0.05, 0) is 36.8 Å². The molecule has 0 aliphatic carbocycles. The summed E-state index contributed by atoms with van der Waals surface area (Å²) in [7, 11) is -3.40. The second-order valence-corrected chi connectivity index (χ2v) is 9.54. The quantitative estimate of drug-likeness (QED) is 0.548.